The number of rotatable bonds is 8. The summed E-state index contributed by atoms with van der Waals surface area (Å²) < 4.78 is 60.0. The Bertz CT molecular complexity index is 1000. The van der Waals surface area contributed by atoms with E-state index in [1.165, 1.54) is 18.2 Å². The predicted molar refractivity (Wildman–Crippen MR) is 109 cm³/mol. The molecule has 1 aliphatic rings. The van der Waals surface area contributed by atoms with Gasteiger partial charge in [-0.2, -0.15) is 0 Å². The fourth-order valence-electron chi connectivity index (χ4n) is 3.45. The number of nitrogens with one attached hydrogen (secondary N) is 2. The SMILES string of the molecule is O=C(NCC[C@H]1CC[C@H](NS(=O)(=O)c2ccc(F)cc2)[C@@H](CO)O1)c1ccccc1F. The predicted octanol–water partition coefficient (Wildman–Crippen LogP) is 1.97. The van der Waals surface area contributed by atoms with Crippen molar-refractivity contribution in [2.24, 2.45) is 0 Å². The molecule has 0 aromatic heterocycles. The van der Waals surface area contributed by atoms with Crippen LogP contribution in [0, 0.1) is 11.6 Å². The molecule has 1 fully saturated rings. The van der Waals surface area contributed by atoms with Crippen LogP contribution in [0.1, 0.15) is 29.6 Å². The van der Waals surface area contributed by atoms with Gasteiger partial charge < -0.3 is 15.2 Å². The van der Waals surface area contributed by atoms with E-state index in [0.29, 0.717) is 19.3 Å². The number of hydrogen-bond donors (Lipinski definition) is 3. The second kappa shape index (κ2) is 10.3. The van der Waals surface area contributed by atoms with E-state index in [1.807, 2.05) is 0 Å². The van der Waals surface area contributed by atoms with E-state index in [-0.39, 0.29) is 23.1 Å². The maximum atomic E-state index is 13.7. The lowest BCUT2D eigenvalue weighted by Crippen LogP contribution is -2.51. The van der Waals surface area contributed by atoms with Crippen LogP contribution in [0.2, 0.25) is 0 Å². The topological polar surface area (TPSA) is 105 Å². The molecule has 1 amide bonds. The van der Waals surface area contributed by atoms with E-state index in [9.17, 15) is 27.1 Å². The van der Waals surface area contributed by atoms with Crippen LogP contribution in [-0.4, -0.2) is 50.8 Å². The van der Waals surface area contributed by atoms with E-state index in [4.69, 9.17) is 4.74 Å². The van der Waals surface area contributed by atoms with E-state index in [1.54, 1.807) is 6.07 Å². The lowest BCUT2D eigenvalue weighted by molar-refractivity contribution is -0.0871. The Labute approximate surface area is 179 Å². The average molecular weight is 454 g/mol. The molecule has 0 unspecified atom stereocenters. The maximum Gasteiger partial charge on any atom is 0.254 e. The van der Waals surface area contributed by atoms with Crippen LogP contribution < -0.4 is 10.0 Å². The van der Waals surface area contributed by atoms with Gasteiger partial charge in [-0.1, -0.05) is 12.1 Å². The van der Waals surface area contributed by atoms with Gasteiger partial charge in [-0.25, -0.2) is 21.9 Å². The number of benzene rings is 2. The molecule has 7 nitrogen and oxygen atoms in total. The molecule has 0 bridgehead atoms. The average Bonchev–Trinajstić information content (AvgIpc) is 2.75. The number of aliphatic hydroxyl groups is 1. The fraction of sp³-hybridized carbons (Fsp3) is 0.381. The first kappa shape index (κ1) is 23.3. The molecule has 0 radical (unpaired) electrons. The Morgan fingerprint density at radius 1 is 1.10 bits per heavy atom. The molecule has 3 atom stereocenters. The fourth-order valence-corrected chi connectivity index (χ4v) is 4.75. The van der Waals surface area contributed by atoms with Crippen molar-refractivity contribution in [2.75, 3.05) is 13.2 Å². The van der Waals surface area contributed by atoms with Gasteiger partial charge in [-0.15, -0.1) is 0 Å². The van der Waals surface area contributed by atoms with Crippen molar-refractivity contribution < 1.29 is 31.8 Å². The molecular weight excluding hydrogens is 430 g/mol. The minimum absolute atomic E-state index is 0.0458. The maximum absolute atomic E-state index is 13.7. The Morgan fingerprint density at radius 2 is 1.81 bits per heavy atom. The molecule has 168 valence electrons. The highest BCUT2D eigenvalue weighted by Crippen LogP contribution is 2.23. The van der Waals surface area contributed by atoms with Crippen molar-refractivity contribution in [3.8, 4) is 0 Å². The van der Waals surface area contributed by atoms with Gasteiger partial charge in [0.15, 0.2) is 0 Å². The van der Waals surface area contributed by atoms with Crippen LogP contribution in [0.5, 0.6) is 0 Å². The molecule has 0 spiro atoms. The van der Waals surface area contributed by atoms with Crippen molar-refractivity contribution in [3.63, 3.8) is 0 Å². The Morgan fingerprint density at radius 3 is 2.48 bits per heavy atom. The molecule has 0 saturated carbocycles. The molecule has 2 aromatic carbocycles. The van der Waals surface area contributed by atoms with E-state index < -0.39 is 46.3 Å². The molecule has 3 N–H and O–H groups in total. The lowest BCUT2D eigenvalue weighted by atomic mass is 9.98. The van der Waals surface area contributed by atoms with Gasteiger partial charge in [0.25, 0.3) is 5.91 Å². The molecule has 10 heteroatoms. The van der Waals surface area contributed by atoms with Gasteiger partial charge in [0.05, 0.1) is 35.3 Å². The lowest BCUT2D eigenvalue weighted by Gasteiger charge is -2.36. The number of ether oxygens (including phenoxy) is 1. The first-order valence-corrected chi connectivity index (χ1v) is 11.4. The zero-order chi connectivity index (χ0) is 22.4. The summed E-state index contributed by atoms with van der Waals surface area (Å²) in [6.45, 7) is -0.156. The smallest absolute Gasteiger partial charge is 0.254 e. The Balaban J connectivity index is 1.51. The van der Waals surface area contributed by atoms with Crippen molar-refractivity contribution in [3.05, 3.63) is 65.7 Å². The first-order chi connectivity index (χ1) is 14.8. The van der Waals surface area contributed by atoms with Gasteiger partial charge in [-0.3, -0.25) is 4.79 Å². The van der Waals surface area contributed by atoms with Crippen LogP contribution >= 0.6 is 0 Å². The summed E-state index contributed by atoms with van der Waals surface area (Å²) in [4.78, 5) is 12.0. The quantitative estimate of drug-likeness (QED) is 0.566. The van der Waals surface area contributed by atoms with Gasteiger partial charge in [0.2, 0.25) is 10.0 Å². The third-order valence-electron chi connectivity index (χ3n) is 5.10. The number of sulfonamides is 1. The highest BCUT2D eigenvalue weighted by molar-refractivity contribution is 7.89. The summed E-state index contributed by atoms with van der Waals surface area (Å²) >= 11 is 0. The molecule has 1 aliphatic heterocycles. The van der Waals surface area contributed by atoms with Crippen LogP contribution in [0.25, 0.3) is 0 Å². The summed E-state index contributed by atoms with van der Waals surface area (Å²) in [7, 11) is -3.90. The number of hydrogen-bond acceptors (Lipinski definition) is 5. The Hall–Kier alpha value is -2.40. The number of amides is 1. The van der Waals surface area contributed by atoms with Crippen LogP contribution in [-0.2, 0) is 14.8 Å². The van der Waals surface area contributed by atoms with Gasteiger partial charge in [0, 0.05) is 6.54 Å². The number of carbonyl (C=O) groups excluding carboxylic acids is 1. The van der Waals surface area contributed by atoms with Crippen molar-refractivity contribution in [2.45, 2.75) is 42.4 Å². The first-order valence-electron chi connectivity index (χ1n) is 9.87. The zero-order valence-electron chi connectivity index (χ0n) is 16.6. The van der Waals surface area contributed by atoms with E-state index in [2.05, 4.69) is 10.0 Å². The molecule has 31 heavy (non-hydrogen) atoms. The summed E-state index contributed by atoms with van der Waals surface area (Å²) in [5.74, 6) is -1.68. The van der Waals surface area contributed by atoms with Crippen LogP contribution in [0.4, 0.5) is 8.78 Å². The molecule has 3 rings (SSSR count). The molecule has 0 aliphatic carbocycles. The van der Waals surface area contributed by atoms with E-state index >= 15 is 0 Å². The van der Waals surface area contributed by atoms with Crippen molar-refractivity contribution >= 4 is 15.9 Å². The summed E-state index contributed by atoms with van der Waals surface area (Å²) in [6, 6.07) is 9.46. The van der Waals surface area contributed by atoms with Crippen LogP contribution in [0.3, 0.4) is 0 Å². The molecule has 2 aromatic rings. The summed E-state index contributed by atoms with van der Waals surface area (Å²) in [5.41, 5.74) is -0.0458. The largest absolute Gasteiger partial charge is 0.394 e. The standard InChI is InChI=1S/C21H24F2N2O5S/c22-14-5-8-16(9-6-14)31(28,29)25-19-10-7-15(30-20(19)13-26)11-12-24-21(27)17-3-1-2-4-18(17)23/h1-6,8-9,15,19-20,25-26H,7,10-13H2,(H,24,27)/t15-,19+,20-/m1/s1. The van der Waals surface area contributed by atoms with Gasteiger partial charge in [0.1, 0.15) is 11.6 Å². The third kappa shape index (κ3) is 6.07. The molecule has 1 heterocycles. The van der Waals surface area contributed by atoms with Gasteiger partial charge in [-0.05, 0) is 55.7 Å². The second-order valence-corrected chi connectivity index (χ2v) is 8.98. The number of aliphatic hydroxyl groups excluding tert-OH is 1. The number of carbonyl (C=O) groups is 1. The van der Waals surface area contributed by atoms with Crippen molar-refractivity contribution in [1.82, 2.24) is 10.0 Å². The Kier molecular flexibility index (Phi) is 7.71. The minimum atomic E-state index is -3.90. The van der Waals surface area contributed by atoms with Crippen molar-refractivity contribution in [1.29, 1.82) is 0 Å². The number of halogens is 2. The molecular formula is C21H24F2N2O5S. The van der Waals surface area contributed by atoms with Crippen LogP contribution in [0.15, 0.2) is 53.4 Å². The summed E-state index contributed by atoms with van der Waals surface area (Å²) in [6.07, 6.45) is 0.273. The van der Waals surface area contributed by atoms with E-state index in [0.717, 1.165) is 24.3 Å². The normalized spacial score (nSPS) is 21.6. The highest BCUT2D eigenvalue weighted by Gasteiger charge is 2.33. The minimum Gasteiger partial charge on any atom is -0.394 e. The highest BCUT2D eigenvalue weighted by atomic mass is 32.2. The zero-order valence-corrected chi connectivity index (χ0v) is 17.4. The summed E-state index contributed by atoms with van der Waals surface area (Å²) in [5, 5.41) is 12.3. The third-order valence-corrected chi connectivity index (χ3v) is 6.60. The second-order valence-electron chi connectivity index (χ2n) is 7.26. The molecule has 1 saturated heterocycles. The monoisotopic (exact) mass is 454 g/mol. The van der Waals surface area contributed by atoms with Gasteiger partial charge >= 0.3 is 0 Å².